The average Bonchev–Trinajstić information content (AvgIpc) is 3.14. The van der Waals surface area contributed by atoms with E-state index in [9.17, 15) is 18.0 Å². The number of anilines is 2. The van der Waals surface area contributed by atoms with E-state index in [1.165, 1.54) is 20.3 Å². The Hall–Kier alpha value is -2.91. The topological polar surface area (TPSA) is 77.4 Å². The third kappa shape index (κ3) is 3.66. The lowest BCUT2D eigenvalue weighted by atomic mass is 9.78. The first-order chi connectivity index (χ1) is 14.3. The summed E-state index contributed by atoms with van der Waals surface area (Å²) in [6, 6.07) is 4.18. The molecule has 30 heavy (non-hydrogen) atoms. The van der Waals surface area contributed by atoms with Crippen molar-refractivity contribution in [1.82, 2.24) is 9.78 Å². The molecular formula is C20H23F3N4O3. The maximum absolute atomic E-state index is 13.9. The van der Waals surface area contributed by atoms with E-state index >= 15 is 0 Å². The van der Waals surface area contributed by atoms with E-state index < -0.39 is 24.0 Å². The van der Waals surface area contributed by atoms with Crippen LogP contribution in [0.3, 0.4) is 0 Å². The Balaban J connectivity index is 1.61. The Morgan fingerprint density at radius 3 is 2.60 bits per heavy atom. The van der Waals surface area contributed by atoms with Gasteiger partial charge in [-0.25, -0.2) is 4.68 Å². The fourth-order valence-corrected chi connectivity index (χ4v) is 4.40. The van der Waals surface area contributed by atoms with Crippen LogP contribution in [0, 0.1) is 5.92 Å². The number of methoxy groups -OCH3 is 2. The third-order valence-electron chi connectivity index (χ3n) is 5.77. The first-order valence-electron chi connectivity index (χ1n) is 9.78. The van der Waals surface area contributed by atoms with Crippen molar-refractivity contribution in [3.63, 3.8) is 0 Å². The van der Waals surface area contributed by atoms with Gasteiger partial charge in [-0.3, -0.25) is 4.79 Å². The van der Waals surface area contributed by atoms with E-state index in [1.807, 2.05) is 0 Å². The Bertz CT molecular complexity index is 944. The molecule has 0 spiro atoms. The molecule has 2 aromatic rings. The molecule has 3 unspecified atom stereocenters. The molecule has 2 N–H and O–H groups in total. The van der Waals surface area contributed by atoms with E-state index in [4.69, 9.17) is 9.47 Å². The van der Waals surface area contributed by atoms with Crippen LogP contribution in [0.15, 0.2) is 24.3 Å². The molecule has 4 rings (SSSR count). The molecule has 2 heterocycles. The number of hydrogen-bond acceptors (Lipinski definition) is 5. The summed E-state index contributed by atoms with van der Waals surface area (Å²) in [6.07, 6.45) is -1.64. The number of fused-ring (bicyclic) bond motifs is 2. The summed E-state index contributed by atoms with van der Waals surface area (Å²) < 4.78 is 53.0. The summed E-state index contributed by atoms with van der Waals surface area (Å²) in [6.45, 7) is 0. The third-order valence-corrected chi connectivity index (χ3v) is 5.77. The van der Waals surface area contributed by atoms with Gasteiger partial charge in [-0.05, 0) is 25.0 Å². The number of benzene rings is 1. The van der Waals surface area contributed by atoms with E-state index in [-0.39, 0.29) is 17.6 Å². The molecule has 1 amide bonds. The average molecular weight is 424 g/mol. The van der Waals surface area contributed by atoms with Crippen molar-refractivity contribution in [3.05, 3.63) is 30.0 Å². The minimum Gasteiger partial charge on any atom is -0.493 e. The second-order valence-corrected chi connectivity index (χ2v) is 7.57. The van der Waals surface area contributed by atoms with Crippen LogP contribution in [0.5, 0.6) is 11.5 Å². The highest BCUT2D eigenvalue weighted by atomic mass is 19.4. The van der Waals surface area contributed by atoms with Gasteiger partial charge in [0.15, 0.2) is 23.2 Å². The van der Waals surface area contributed by atoms with E-state index in [0.717, 1.165) is 17.5 Å². The number of aromatic nitrogens is 2. The Kier molecular flexibility index (Phi) is 5.25. The molecule has 1 aliphatic heterocycles. The zero-order chi connectivity index (χ0) is 21.5. The van der Waals surface area contributed by atoms with Crippen molar-refractivity contribution in [2.75, 3.05) is 24.9 Å². The molecule has 0 saturated heterocycles. The number of alkyl halides is 3. The molecule has 1 aromatic heterocycles. The van der Waals surface area contributed by atoms with Crippen LogP contribution >= 0.6 is 0 Å². The lowest BCUT2D eigenvalue weighted by molar-refractivity contribution is -0.189. The van der Waals surface area contributed by atoms with Crippen molar-refractivity contribution in [2.45, 2.75) is 43.9 Å². The van der Waals surface area contributed by atoms with Crippen LogP contribution in [0.25, 0.3) is 0 Å². The number of nitrogens with one attached hydrogen (secondary N) is 2. The second kappa shape index (κ2) is 7.73. The summed E-state index contributed by atoms with van der Waals surface area (Å²) in [5, 5.41) is 9.84. The molecule has 0 radical (unpaired) electrons. The largest absolute Gasteiger partial charge is 0.493 e. The van der Waals surface area contributed by atoms with Gasteiger partial charge in [0.25, 0.3) is 5.91 Å². The predicted molar refractivity (Wildman–Crippen MR) is 104 cm³/mol. The number of halogens is 3. The molecule has 1 aliphatic carbocycles. The molecule has 162 valence electrons. The van der Waals surface area contributed by atoms with Crippen molar-refractivity contribution in [1.29, 1.82) is 0 Å². The van der Waals surface area contributed by atoms with Crippen LogP contribution < -0.4 is 20.1 Å². The normalized spacial score (nSPS) is 23.0. The first-order valence-corrected chi connectivity index (χ1v) is 9.78. The summed E-state index contributed by atoms with van der Waals surface area (Å²) in [5.74, 6) is -0.0595. The zero-order valence-electron chi connectivity index (χ0n) is 16.6. The number of hydrogen-bond donors (Lipinski definition) is 2. The second-order valence-electron chi connectivity index (χ2n) is 7.57. The number of ether oxygens (including phenoxy) is 2. The van der Waals surface area contributed by atoms with Crippen LogP contribution in [0.1, 0.15) is 42.2 Å². The Morgan fingerprint density at radius 2 is 1.90 bits per heavy atom. The number of carbonyl (C=O) groups is 1. The van der Waals surface area contributed by atoms with Gasteiger partial charge in [-0.2, -0.15) is 18.3 Å². The van der Waals surface area contributed by atoms with Crippen molar-refractivity contribution >= 4 is 17.4 Å². The SMILES string of the molecule is COc1ccc(NC(=O)c2cc3n(n2)C(C(F)(F)F)C2CCCCC2N3)cc1OC. The van der Waals surface area contributed by atoms with Crippen molar-refractivity contribution in [2.24, 2.45) is 5.92 Å². The summed E-state index contributed by atoms with van der Waals surface area (Å²) >= 11 is 0. The predicted octanol–water partition coefficient (Wildman–Crippen LogP) is 4.24. The van der Waals surface area contributed by atoms with Crippen molar-refractivity contribution < 1.29 is 27.4 Å². The van der Waals surface area contributed by atoms with Gasteiger partial charge in [0, 0.05) is 29.8 Å². The number of carbonyl (C=O) groups excluding carboxylic acids is 1. The fourth-order valence-electron chi connectivity index (χ4n) is 4.40. The molecule has 1 aromatic carbocycles. The van der Waals surface area contributed by atoms with Gasteiger partial charge in [0.1, 0.15) is 5.82 Å². The van der Waals surface area contributed by atoms with Crippen LogP contribution in [-0.2, 0) is 0 Å². The monoisotopic (exact) mass is 424 g/mol. The van der Waals surface area contributed by atoms with E-state index in [1.54, 1.807) is 18.2 Å². The van der Waals surface area contributed by atoms with Gasteiger partial charge in [0.05, 0.1) is 14.2 Å². The maximum Gasteiger partial charge on any atom is 0.411 e. The van der Waals surface area contributed by atoms with E-state index in [0.29, 0.717) is 30.0 Å². The maximum atomic E-state index is 13.9. The van der Waals surface area contributed by atoms with Crippen LogP contribution in [-0.4, -0.2) is 42.1 Å². The molecule has 10 heteroatoms. The zero-order valence-corrected chi connectivity index (χ0v) is 16.6. The first kappa shape index (κ1) is 20.4. The fraction of sp³-hybridized carbons (Fsp3) is 0.500. The summed E-state index contributed by atoms with van der Waals surface area (Å²) in [7, 11) is 2.96. The van der Waals surface area contributed by atoms with Crippen LogP contribution in [0.2, 0.25) is 0 Å². The minimum atomic E-state index is -4.44. The lowest BCUT2D eigenvalue weighted by Gasteiger charge is -2.43. The number of rotatable bonds is 4. The van der Waals surface area contributed by atoms with Gasteiger partial charge >= 0.3 is 6.18 Å². The number of amides is 1. The molecule has 3 atom stereocenters. The summed E-state index contributed by atoms with van der Waals surface area (Å²) in [5.41, 5.74) is 0.331. The molecular weight excluding hydrogens is 401 g/mol. The highest BCUT2D eigenvalue weighted by Crippen LogP contribution is 2.47. The quantitative estimate of drug-likeness (QED) is 0.768. The smallest absolute Gasteiger partial charge is 0.411 e. The Labute approximate surface area is 171 Å². The molecule has 0 bridgehead atoms. The molecule has 1 saturated carbocycles. The Morgan fingerprint density at radius 1 is 1.17 bits per heavy atom. The van der Waals surface area contributed by atoms with Gasteiger partial charge in [0.2, 0.25) is 0 Å². The highest BCUT2D eigenvalue weighted by molar-refractivity contribution is 6.03. The lowest BCUT2D eigenvalue weighted by Crippen LogP contribution is -2.48. The molecule has 1 fully saturated rings. The molecule has 7 nitrogen and oxygen atoms in total. The standard InChI is InChI=1S/C20H23F3N4O3/c1-29-15-8-7-11(9-16(15)30-2)24-19(28)14-10-17-25-13-6-4-3-5-12(13)18(20(21,22)23)27(17)26-14/h7-10,12-13,18,25H,3-6H2,1-2H3,(H,24,28). The van der Waals surface area contributed by atoms with Crippen molar-refractivity contribution in [3.8, 4) is 11.5 Å². The molecule has 2 aliphatic rings. The van der Waals surface area contributed by atoms with Gasteiger partial charge in [-0.15, -0.1) is 0 Å². The highest BCUT2D eigenvalue weighted by Gasteiger charge is 2.52. The van der Waals surface area contributed by atoms with Crippen LogP contribution in [0.4, 0.5) is 24.7 Å². The summed E-state index contributed by atoms with van der Waals surface area (Å²) in [4.78, 5) is 12.7. The minimum absolute atomic E-state index is 0.0832. The van der Waals surface area contributed by atoms with E-state index in [2.05, 4.69) is 15.7 Å². The number of nitrogens with zero attached hydrogens (tertiary/aromatic N) is 2. The van der Waals surface area contributed by atoms with Gasteiger partial charge in [-0.1, -0.05) is 12.8 Å². The van der Waals surface area contributed by atoms with Gasteiger partial charge < -0.3 is 20.1 Å².